The molecule has 0 spiro atoms. The van der Waals surface area contributed by atoms with Crippen molar-refractivity contribution in [1.29, 1.82) is 0 Å². The molecule has 3 aromatic rings. The molecule has 0 aliphatic rings. The molecule has 0 aliphatic carbocycles. The lowest BCUT2D eigenvalue weighted by Crippen LogP contribution is -1.87. The number of rotatable bonds is 0. The van der Waals surface area contributed by atoms with Crippen molar-refractivity contribution in [3.05, 3.63) is 29.0 Å². The van der Waals surface area contributed by atoms with Crippen LogP contribution in [0.2, 0.25) is 0 Å². The van der Waals surface area contributed by atoms with Gasteiger partial charge >= 0.3 is 0 Å². The van der Waals surface area contributed by atoms with Gasteiger partial charge in [-0.25, -0.2) is 5.21 Å². The number of nitrogens with one attached hydrogen (secondary N) is 2. The van der Waals surface area contributed by atoms with Crippen LogP contribution < -0.4 is 0 Å². The summed E-state index contributed by atoms with van der Waals surface area (Å²) >= 11 is 5.15. The van der Waals surface area contributed by atoms with Gasteiger partial charge in [-0.3, -0.25) is 10.1 Å². The third-order valence-corrected chi connectivity index (χ3v) is 2.57. The molecule has 0 amide bonds. The van der Waals surface area contributed by atoms with E-state index in [0.29, 0.717) is 0 Å². The van der Waals surface area contributed by atoms with E-state index in [1.165, 1.54) is 0 Å². The summed E-state index contributed by atoms with van der Waals surface area (Å²) < 4.78 is 0.787. The van der Waals surface area contributed by atoms with E-state index < -0.39 is 0 Å². The Labute approximate surface area is 84.0 Å². The summed E-state index contributed by atoms with van der Waals surface area (Å²) in [6.45, 7) is 0. The summed E-state index contributed by atoms with van der Waals surface area (Å²) in [5.41, 5.74) is 1.88. The maximum Gasteiger partial charge on any atom is 0.0827 e. The third-order valence-electron chi connectivity index (χ3n) is 2.24. The Morgan fingerprint density at radius 2 is 2.07 bits per heavy atom. The van der Waals surface area contributed by atoms with E-state index in [9.17, 15) is 0 Å². The zero-order chi connectivity index (χ0) is 9.54. The van der Waals surface area contributed by atoms with Crippen LogP contribution in [0, 0.1) is 4.51 Å². The van der Waals surface area contributed by atoms with Gasteiger partial charge in [-0.1, -0.05) is 12.2 Å². The largest absolute Gasteiger partial charge is 0.284 e. The number of aromatic amines is 2. The average molecular weight is 202 g/mol. The lowest BCUT2D eigenvalue weighted by atomic mass is 10.2. The van der Waals surface area contributed by atoms with Crippen LogP contribution in [0.1, 0.15) is 0 Å². The first kappa shape index (κ1) is 7.64. The zero-order valence-electron chi connectivity index (χ0n) is 7.11. The van der Waals surface area contributed by atoms with Crippen molar-refractivity contribution in [3.8, 4) is 0 Å². The van der Waals surface area contributed by atoms with Crippen molar-refractivity contribution < 1.29 is 0 Å². The molecular formula is C9H6N4S. The zero-order valence-corrected chi connectivity index (χ0v) is 7.93. The van der Waals surface area contributed by atoms with Crippen LogP contribution in [0.3, 0.4) is 0 Å². The molecule has 2 N–H and O–H groups in total. The molecule has 2 heterocycles. The van der Waals surface area contributed by atoms with Gasteiger partial charge in [0.25, 0.3) is 0 Å². The summed E-state index contributed by atoms with van der Waals surface area (Å²) in [6, 6.07) is 3.94. The van der Waals surface area contributed by atoms with Gasteiger partial charge in [0.1, 0.15) is 0 Å². The van der Waals surface area contributed by atoms with E-state index in [1.807, 2.05) is 12.1 Å². The Hall–Kier alpha value is -1.75. The van der Waals surface area contributed by atoms with Crippen molar-refractivity contribution in [2.45, 2.75) is 0 Å². The Morgan fingerprint density at radius 1 is 1.14 bits per heavy atom. The molecular weight excluding hydrogens is 196 g/mol. The lowest BCUT2D eigenvalue weighted by Gasteiger charge is -1.97. The molecule has 0 atom stereocenters. The molecule has 0 fully saturated rings. The Balaban J connectivity index is 2.68. The van der Waals surface area contributed by atoms with Crippen molar-refractivity contribution in [1.82, 2.24) is 20.4 Å². The van der Waals surface area contributed by atoms with E-state index in [1.54, 1.807) is 12.4 Å². The van der Waals surface area contributed by atoms with E-state index in [0.717, 1.165) is 26.3 Å². The van der Waals surface area contributed by atoms with Gasteiger partial charge in [0.15, 0.2) is 0 Å². The Morgan fingerprint density at radius 3 is 3.00 bits per heavy atom. The van der Waals surface area contributed by atoms with Crippen LogP contribution in [0.15, 0.2) is 24.5 Å². The molecule has 0 aliphatic heterocycles. The fraction of sp³-hybridized carbons (Fsp3) is 0. The number of hydrogen-bond acceptors (Lipinski definition) is 3. The summed E-state index contributed by atoms with van der Waals surface area (Å²) in [5.74, 6) is 0. The van der Waals surface area contributed by atoms with Gasteiger partial charge < -0.3 is 0 Å². The van der Waals surface area contributed by atoms with E-state index in [-0.39, 0.29) is 0 Å². The van der Waals surface area contributed by atoms with Crippen LogP contribution in [-0.2, 0) is 0 Å². The van der Waals surface area contributed by atoms with Crippen LogP contribution in [-0.4, -0.2) is 20.4 Å². The maximum atomic E-state index is 5.15. The quantitative estimate of drug-likeness (QED) is 0.549. The Bertz CT molecular complexity index is 667. The fourth-order valence-corrected chi connectivity index (χ4v) is 1.79. The first-order valence-corrected chi connectivity index (χ1v) is 4.56. The van der Waals surface area contributed by atoms with Gasteiger partial charge in [-0.15, -0.1) is 0 Å². The molecule has 0 saturated carbocycles. The van der Waals surface area contributed by atoms with E-state index in [4.69, 9.17) is 12.2 Å². The number of nitrogens with zero attached hydrogens (tertiary/aromatic N) is 2. The molecule has 0 unspecified atom stereocenters. The number of hydrogen-bond donors (Lipinski definition) is 2. The van der Waals surface area contributed by atoms with Gasteiger partial charge in [-0.05, 0) is 12.1 Å². The van der Waals surface area contributed by atoms with E-state index >= 15 is 0 Å². The third kappa shape index (κ3) is 0.898. The first-order valence-electron chi connectivity index (χ1n) is 4.16. The number of fused-ring (bicyclic) bond motifs is 3. The summed E-state index contributed by atoms with van der Waals surface area (Å²) in [7, 11) is 0. The average Bonchev–Trinajstić information content (AvgIpc) is 2.61. The minimum absolute atomic E-state index is 0.787. The second kappa shape index (κ2) is 2.62. The Kier molecular flexibility index (Phi) is 1.43. The highest BCUT2D eigenvalue weighted by Gasteiger charge is 2.03. The molecule has 4 nitrogen and oxygen atoms in total. The molecule has 1 aromatic carbocycles. The topological polar surface area (TPSA) is 57.4 Å². The molecule has 5 heteroatoms. The van der Waals surface area contributed by atoms with Crippen molar-refractivity contribution in [3.63, 3.8) is 0 Å². The number of aromatic nitrogens is 4. The highest BCUT2D eigenvalue weighted by molar-refractivity contribution is 7.71. The van der Waals surface area contributed by atoms with Gasteiger partial charge in [0.2, 0.25) is 0 Å². The standard InChI is InChI=1S/C9H6N4S/c14-8-4-10-9-5(8)1-2-7-6(9)3-11-13-12-7/h1-4,12-13H. The molecule has 0 saturated heterocycles. The number of H-pyrrole nitrogens is 2. The highest BCUT2D eigenvalue weighted by atomic mass is 32.1. The predicted octanol–water partition coefficient (Wildman–Crippen LogP) is 2.17. The fourth-order valence-electron chi connectivity index (χ4n) is 1.57. The first-order chi connectivity index (χ1) is 6.86. The second-order valence-electron chi connectivity index (χ2n) is 3.04. The molecule has 68 valence electrons. The lowest BCUT2D eigenvalue weighted by molar-refractivity contribution is 0.896. The van der Waals surface area contributed by atoms with Crippen molar-refractivity contribution >= 4 is 34.0 Å². The summed E-state index contributed by atoms with van der Waals surface area (Å²) in [5, 5.41) is 11.5. The highest BCUT2D eigenvalue weighted by Crippen LogP contribution is 2.22. The molecule has 14 heavy (non-hydrogen) atoms. The maximum absolute atomic E-state index is 5.15. The van der Waals surface area contributed by atoms with Crippen LogP contribution >= 0.6 is 12.2 Å². The normalized spacial score (nSPS) is 11.1. The van der Waals surface area contributed by atoms with Crippen LogP contribution in [0.5, 0.6) is 0 Å². The summed E-state index contributed by atoms with van der Waals surface area (Å²) in [4.78, 5) is 4.27. The molecule has 0 radical (unpaired) electrons. The van der Waals surface area contributed by atoms with Crippen LogP contribution in [0.25, 0.3) is 21.8 Å². The van der Waals surface area contributed by atoms with Gasteiger partial charge in [0, 0.05) is 17.0 Å². The van der Waals surface area contributed by atoms with Crippen molar-refractivity contribution in [2.24, 2.45) is 0 Å². The predicted molar refractivity (Wildman–Crippen MR) is 56.6 cm³/mol. The second-order valence-corrected chi connectivity index (χ2v) is 3.48. The van der Waals surface area contributed by atoms with Gasteiger partial charge in [0.05, 0.1) is 21.7 Å². The molecule has 3 rings (SSSR count). The van der Waals surface area contributed by atoms with Crippen molar-refractivity contribution in [2.75, 3.05) is 0 Å². The minimum Gasteiger partial charge on any atom is -0.284 e. The number of benzene rings is 1. The molecule has 0 bridgehead atoms. The van der Waals surface area contributed by atoms with E-state index in [2.05, 4.69) is 20.4 Å². The van der Waals surface area contributed by atoms with Crippen LogP contribution in [0.4, 0.5) is 0 Å². The SMILES string of the molecule is S=c1cnc2c1ccc1[nH][nH]ncc12. The summed E-state index contributed by atoms with van der Waals surface area (Å²) in [6.07, 6.45) is 3.45. The molecule has 2 aromatic heterocycles. The monoisotopic (exact) mass is 202 g/mol. The minimum atomic E-state index is 0.787. The smallest absolute Gasteiger partial charge is 0.0827 e. The van der Waals surface area contributed by atoms with Gasteiger partial charge in [-0.2, -0.15) is 5.10 Å².